The molecule has 0 aromatic carbocycles. The van der Waals surface area contributed by atoms with E-state index in [1.807, 2.05) is 6.92 Å². The number of amides is 1. The van der Waals surface area contributed by atoms with E-state index < -0.39 is 68.3 Å². The van der Waals surface area contributed by atoms with E-state index in [9.17, 15) is 35.1 Å². The Balaban J connectivity index is 2.53. The number of rotatable bonds is 22. The van der Waals surface area contributed by atoms with Gasteiger partial charge in [0.25, 0.3) is 0 Å². The third-order valence-corrected chi connectivity index (χ3v) is 7.55. The Kier molecular flexibility index (Phi) is 20.2. The normalized spacial score (nSPS) is 24.8. The number of carbonyl (C=O) groups excluding carboxylic acids is 2. The fourth-order valence-corrected chi connectivity index (χ4v) is 4.86. The number of hydrogen-bond acceptors (Lipinski definition) is 11. The van der Waals surface area contributed by atoms with E-state index in [0.29, 0.717) is 6.42 Å². The van der Waals surface area contributed by atoms with Gasteiger partial charge >= 0.3 is 12.1 Å². The SMILES string of the molecule is CCCCCCCCCCCCCC[C@@H](C)[C@@H](O)[C@H](CO[C@H]1OC(CO)[C@H](O)[C@H](O)C1O)NC(=O)OCOC(C)=O. The van der Waals surface area contributed by atoms with Crippen LogP contribution in [0.4, 0.5) is 4.79 Å². The molecule has 0 radical (unpaired) electrons. The second kappa shape index (κ2) is 22.1. The Labute approximate surface area is 244 Å². The Morgan fingerprint density at radius 3 is 1.95 bits per heavy atom. The van der Waals surface area contributed by atoms with Gasteiger partial charge in [0.1, 0.15) is 24.4 Å². The number of aliphatic hydroxyl groups is 5. The highest BCUT2D eigenvalue weighted by Crippen LogP contribution is 2.23. The van der Waals surface area contributed by atoms with E-state index in [2.05, 4.69) is 17.0 Å². The van der Waals surface area contributed by atoms with Crippen LogP contribution in [0.3, 0.4) is 0 Å². The molecule has 242 valence electrons. The van der Waals surface area contributed by atoms with Gasteiger partial charge in [-0.15, -0.1) is 0 Å². The minimum absolute atomic E-state index is 0.227. The molecule has 1 rings (SSSR count). The van der Waals surface area contributed by atoms with Crippen molar-refractivity contribution in [3.63, 3.8) is 0 Å². The minimum Gasteiger partial charge on any atom is -0.428 e. The van der Waals surface area contributed by atoms with Crippen LogP contribution in [0.15, 0.2) is 0 Å². The van der Waals surface area contributed by atoms with Crippen LogP contribution in [0, 0.1) is 5.92 Å². The van der Waals surface area contributed by atoms with E-state index >= 15 is 0 Å². The van der Waals surface area contributed by atoms with E-state index in [4.69, 9.17) is 14.2 Å². The summed E-state index contributed by atoms with van der Waals surface area (Å²) in [5.41, 5.74) is 0. The van der Waals surface area contributed by atoms with E-state index in [0.717, 1.165) is 19.3 Å². The smallest absolute Gasteiger partial charge is 0.410 e. The molecule has 1 heterocycles. The first-order valence-electron chi connectivity index (χ1n) is 15.3. The average Bonchev–Trinajstić information content (AvgIpc) is 2.94. The van der Waals surface area contributed by atoms with E-state index in [1.54, 1.807) is 0 Å². The average molecular weight is 594 g/mol. The Hall–Kier alpha value is -1.54. The lowest BCUT2D eigenvalue weighted by Crippen LogP contribution is -2.60. The number of ether oxygens (including phenoxy) is 4. The summed E-state index contributed by atoms with van der Waals surface area (Å²) in [7, 11) is 0. The van der Waals surface area contributed by atoms with Crippen molar-refractivity contribution in [3.05, 3.63) is 0 Å². The second-order valence-electron chi connectivity index (χ2n) is 11.1. The summed E-state index contributed by atoms with van der Waals surface area (Å²) in [6.07, 6.45) is 6.00. The Morgan fingerprint density at radius 2 is 1.41 bits per heavy atom. The molecule has 0 aromatic rings. The molecule has 0 aliphatic carbocycles. The van der Waals surface area contributed by atoms with Crippen LogP contribution in [-0.2, 0) is 23.7 Å². The highest BCUT2D eigenvalue weighted by Gasteiger charge is 2.44. The minimum atomic E-state index is -1.63. The lowest BCUT2D eigenvalue weighted by molar-refractivity contribution is -0.303. The van der Waals surface area contributed by atoms with Gasteiger partial charge in [0.15, 0.2) is 6.29 Å². The van der Waals surface area contributed by atoms with Gasteiger partial charge in [-0.3, -0.25) is 4.79 Å². The molecular formula is C29H55NO11. The van der Waals surface area contributed by atoms with Crippen LogP contribution in [0.5, 0.6) is 0 Å². The molecular weight excluding hydrogens is 538 g/mol. The maximum absolute atomic E-state index is 12.3. The molecule has 1 amide bonds. The van der Waals surface area contributed by atoms with Crippen LogP contribution in [0.25, 0.3) is 0 Å². The van der Waals surface area contributed by atoms with Gasteiger partial charge in [0.2, 0.25) is 6.79 Å². The largest absolute Gasteiger partial charge is 0.428 e. The highest BCUT2D eigenvalue weighted by atomic mass is 16.7. The van der Waals surface area contributed by atoms with E-state index in [1.165, 1.54) is 64.7 Å². The van der Waals surface area contributed by atoms with Crippen molar-refractivity contribution in [2.75, 3.05) is 20.0 Å². The van der Waals surface area contributed by atoms with Crippen molar-refractivity contribution in [2.45, 2.75) is 147 Å². The Bertz CT molecular complexity index is 696. The summed E-state index contributed by atoms with van der Waals surface area (Å²) in [6, 6.07) is -1.00. The molecule has 1 fully saturated rings. The van der Waals surface area contributed by atoms with Gasteiger partial charge in [-0.1, -0.05) is 90.9 Å². The fraction of sp³-hybridized carbons (Fsp3) is 0.931. The standard InChI is InChI=1S/C29H55NO11/c1-4-5-6-7-8-9-10-11-12-13-14-15-16-20(2)24(33)22(30-29(37)40-19-39-21(3)32)18-38-28-27(36)26(35)25(34)23(17-31)41-28/h20,22-28,31,33-36H,4-19H2,1-3H3,(H,30,37)/t20-,22+,23?,24-,25+,26+,27?,28+/m1/s1. The summed E-state index contributed by atoms with van der Waals surface area (Å²) >= 11 is 0. The summed E-state index contributed by atoms with van der Waals surface area (Å²) in [4.78, 5) is 23.2. The topological polar surface area (TPSA) is 184 Å². The van der Waals surface area contributed by atoms with Crippen LogP contribution in [0.1, 0.15) is 104 Å². The Morgan fingerprint density at radius 1 is 0.854 bits per heavy atom. The lowest BCUT2D eigenvalue weighted by Gasteiger charge is -2.40. The van der Waals surface area contributed by atoms with Gasteiger partial charge in [0, 0.05) is 6.92 Å². The summed E-state index contributed by atoms with van der Waals surface area (Å²) in [6.45, 7) is 3.69. The predicted molar refractivity (Wildman–Crippen MR) is 151 cm³/mol. The molecule has 41 heavy (non-hydrogen) atoms. The van der Waals surface area contributed by atoms with Gasteiger partial charge in [-0.25, -0.2) is 4.79 Å². The molecule has 12 nitrogen and oxygen atoms in total. The number of hydrogen-bond donors (Lipinski definition) is 6. The number of carbonyl (C=O) groups is 2. The molecule has 6 N–H and O–H groups in total. The zero-order valence-corrected chi connectivity index (χ0v) is 25.1. The van der Waals surface area contributed by atoms with Crippen molar-refractivity contribution in [2.24, 2.45) is 5.92 Å². The zero-order chi connectivity index (χ0) is 30.6. The number of alkyl carbamates (subject to hydrolysis) is 1. The van der Waals surface area contributed by atoms with Crippen LogP contribution >= 0.6 is 0 Å². The van der Waals surface area contributed by atoms with E-state index in [-0.39, 0.29) is 12.5 Å². The first kappa shape index (κ1) is 37.5. The molecule has 1 saturated heterocycles. The third kappa shape index (κ3) is 15.5. The summed E-state index contributed by atoms with van der Waals surface area (Å²) in [5.74, 6) is -0.855. The first-order valence-corrected chi connectivity index (χ1v) is 15.3. The molecule has 0 spiro atoms. The molecule has 8 atom stereocenters. The zero-order valence-electron chi connectivity index (χ0n) is 25.1. The lowest BCUT2D eigenvalue weighted by atomic mass is 9.92. The summed E-state index contributed by atoms with van der Waals surface area (Å²) in [5, 5.41) is 53.1. The molecule has 0 aromatic heterocycles. The third-order valence-electron chi connectivity index (χ3n) is 7.55. The monoisotopic (exact) mass is 593 g/mol. The van der Waals surface area contributed by atoms with Gasteiger partial charge in [-0.2, -0.15) is 0 Å². The molecule has 2 unspecified atom stereocenters. The van der Waals surface area contributed by atoms with Crippen LogP contribution in [0.2, 0.25) is 0 Å². The predicted octanol–water partition coefficient (Wildman–Crippen LogP) is 2.51. The van der Waals surface area contributed by atoms with Crippen molar-refractivity contribution < 1.29 is 54.1 Å². The fourth-order valence-electron chi connectivity index (χ4n) is 4.86. The maximum Gasteiger partial charge on any atom is 0.410 e. The van der Waals surface area contributed by atoms with Crippen molar-refractivity contribution >= 4 is 12.1 Å². The molecule has 12 heteroatoms. The van der Waals surface area contributed by atoms with Crippen molar-refractivity contribution in [3.8, 4) is 0 Å². The molecule has 1 aliphatic heterocycles. The number of esters is 1. The van der Waals surface area contributed by atoms with Gasteiger partial charge in [-0.05, 0) is 12.3 Å². The van der Waals surface area contributed by atoms with Crippen molar-refractivity contribution in [1.29, 1.82) is 0 Å². The number of aliphatic hydroxyl groups excluding tert-OH is 5. The highest BCUT2D eigenvalue weighted by molar-refractivity contribution is 5.68. The summed E-state index contributed by atoms with van der Waals surface area (Å²) < 4.78 is 20.3. The van der Waals surface area contributed by atoms with Gasteiger partial charge in [0.05, 0.1) is 25.4 Å². The maximum atomic E-state index is 12.3. The number of nitrogens with one attached hydrogen (secondary N) is 1. The first-order chi connectivity index (χ1) is 19.6. The van der Waals surface area contributed by atoms with Crippen LogP contribution in [-0.4, -0.2) is 100 Å². The second-order valence-corrected chi connectivity index (χ2v) is 11.1. The number of unbranched alkanes of at least 4 members (excludes halogenated alkanes) is 11. The quantitative estimate of drug-likeness (QED) is 0.0616. The van der Waals surface area contributed by atoms with Crippen LogP contribution < -0.4 is 5.32 Å². The molecule has 0 bridgehead atoms. The molecule has 0 saturated carbocycles. The van der Waals surface area contributed by atoms with Crippen molar-refractivity contribution in [1.82, 2.24) is 5.32 Å². The van der Waals surface area contributed by atoms with Gasteiger partial charge < -0.3 is 49.8 Å². The molecule has 1 aliphatic rings.